The molecule has 9 nitrogen and oxygen atoms in total. The topological polar surface area (TPSA) is 132 Å². The van der Waals surface area contributed by atoms with Gasteiger partial charge in [-0.15, -0.1) is 0 Å². The Morgan fingerprint density at radius 3 is 2.47 bits per heavy atom. The second-order valence-electron chi connectivity index (χ2n) is 9.85. The van der Waals surface area contributed by atoms with Gasteiger partial charge in [0.05, 0.1) is 19.6 Å². The molecule has 0 spiro atoms. The molecule has 0 bridgehead atoms. The van der Waals surface area contributed by atoms with E-state index in [9.17, 15) is 24.6 Å². The van der Waals surface area contributed by atoms with Crippen LogP contribution >= 0.6 is 0 Å². The number of carbonyl (C=O) groups excluding carboxylic acids is 3. The van der Waals surface area contributed by atoms with Crippen LogP contribution in [-0.2, 0) is 33.3 Å². The van der Waals surface area contributed by atoms with Gasteiger partial charge in [0.15, 0.2) is 0 Å². The van der Waals surface area contributed by atoms with Crippen molar-refractivity contribution in [2.45, 2.75) is 69.7 Å². The SMILES string of the molecule is COC(=O)CC1OC(=O)C=C2C1C(O)C1OC(=O)C3(C)C1C2(C)C(O)C1(C)OC13C. The average Bonchev–Trinajstić information content (AvgIpc) is 3.16. The highest BCUT2D eigenvalue weighted by atomic mass is 16.7. The zero-order chi connectivity index (χ0) is 22.0. The molecule has 2 saturated carbocycles. The summed E-state index contributed by atoms with van der Waals surface area (Å²) < 4.78 is 21.8. The van der Waals surface area contributed by atoms with E-state index in [1.54, 1.807) is 27.7 Å². The number of esters is 3. The largest absolute Gasteiger partial charge is 0.469 e. The number of aliphatic hydroxyl groups is 2. The summed E-state index contributed by atoms with van der Waals surface area (Å²) in [7, 11) is 1.22. The number of cyclic esters (lactones) is 1. The van der Waals surface area contributed by atoms with E-state index in [0.29, 0.717) is 5.57 Å². The number of hydrogen-bond acceptors (Lipinski definition) is 9. The molecule has 5 aliphatic rings. The first-order valence-electron chi connectivity index (χ1n) is 10.1. The van der Waals surface area contributed by atoms with Gasteiger partial charge in [-0.05, 0) is 26.3 Å². The summed E-state index contributed by atoms with van der Waals surface area (Å²) in [6.45, 7) is 7.05. The average molecular weight is 422 g/mol. The second-order valence-corrected chi connectivity index (χ2v) is 9.85. The van der Waals surface area contributed by atoms with E-state index in [0.717, 1.165) is 0 Å². The third kappa shape index (κ3) is 1.84. The van der Waals surface area contributed by atoms with Crippen molar-refractivity contribution >= 4 is 17.9 Å². The van der Waals surface area contributed by atoms with E-state index in [1.165, 1.54) is 13.2 Å². The Morgan fingerprint density at radius 1 is 1.17 bits per heavy atom. The summed E-state index contributed by atoms with van der Waals surface area (Å²) in [6.07, 6.45) is -3.22. The van der Waals surface area contributed by atoms with Crippen molar-refractivity contribution in [1.29, 1.82) is 0 Å². The molecule has 10 atom stereocenters. The quantitative estimate of drug-likeness (QED) is 0.355. The van der Waals surface area contributed by atoms with Gasteiger partial charge in [0.1, 0.15) is 34.9 Å². The standard InChI is InChI=1S/C21H26O9/c1-18-8-6-11(23)28-9(7-10(22)27-5)12(8)13(24)14-15(18)19(2,17(26)29-14)21(4)20(3,30-21)16(18)25/h6,9,12-16,24-25H,7H2,1-5H3. The molecule has 5 rings (SSSR count). The van der Waals surface area contributed by atoms with Gasteiger partial charge in [0, 0.05) is 23.3 Å². The molecule has 0 radical (unpaired) electrons. The maximum Gasteiger partial charge on any atom is 0.331 e. The first-order valence-corrected chi connectivity index (χ1v) is 10.1. The lowest BCUT2D eigenvalue weighted by Crippen LogP contribution is -2.70. The minimum absolute atomic E-state index is 0.262. The van der Waals surface area contributed by atoms with Crippen LogP contribution < -0.4 is 0 Å². The number of methoxy groups -OCH3 is 1. The maximum absolute atomic E-state index is 13.1. The van der Waals surface area contributed by atoms with E-state index >= 15 is 0 Å². The zero-order valence-corrected chi connectivity index (χ0v) is 17.5. The highest BCUT2D eigenvalue weighted by molar-refractivity contribution is 5.87. The molecule has 3 heterocycles. The number of rotatable bonds is 2. The van der Waals surface area contributed by atoms with Crippen LogP contribution in [0.15, 0.2) is 11.6 Å². The normalized spacial score (nSPS) is 55.4. The maximum atomic E-state index is 13.1. The molecular weight excluding hydrogens is 396 g/mol. The Hall–Kier alpha value is -1.97. The van der Waals surface area contributed by atoms with Gasteiger partial charge in [0.2, 0.25) is 0 Å². The molecule has 4 fully saturated rings. The van der Waals surface area contributed by atoms with Crippen molar-refractivity contribution in [2.75, 3.05) is 7.11 Å². The van der Waals surface area contributed by atoms with E-state index in [1.807, 2.05) is 0 Å². The molecule has 3 aliphatic heterocycles. The van der Waals surface area contributed by atoms with Crippen LogP contribution in [0.1, 0.15) is 34.1 Å². The molecule has 164 valence electrons. The summed E-state index contributed by atoms with van der Waals surface area (Å²) >= 11 is 0. The number of ether oxygens (including phenoxy) is 4. The Bertz CT molecular complexity index is 912. The summed E-state index contributed by atoms with van der Waals surface area (Å²) in [4.78, 5) is 37.5. The van der Waals surface area contributed by atoms with Gasteiger partial charge in [-0.1, -0.05) is 6.92 Å². The van der Waals surface area contributed by atoms with Crippen molar-refractivity contribution in [1.82, 2.24) is 0 Å². The van der Waals surface area contributed by atoms with Crippen molar-refractivity contribution < 1.29 is 43.5 Å². The smallest absolute Gasteiger partial charge is 0.331 e. The number of epoxide rings is 1. The molecule has 30 heavy (non-hydrogen) atoms. The Kier molecular flexibility index (Phi) is 3.62. The molecule has 9 heteroatoms. The van der Waals surface area contributed by atoms with Gasteiger partial charge < -0.3 is 29.2 Å². The molecule has 0 aromatic heterocycles. The van der Waals surface area contributed by atoms with Crippen LogP contribution in [0.5, 0.6) is 0 Å². The van der Waals surface area contributed by atoms with Gasteiger partial charge in [0.25, 0.3) is 0 Å². The number of fused-ring (bicyclic) bond motifs is 4. The first-order chi connectivity index (χ1) is 13.9. The number of hydrogen-bond donors (Lipinski definition) is 2. The lowest BCUT2D eigenvalue weighted by Gasteiger charge is -2.60. The fourth-order valence-electron chi connectivity index (χ4n) is 7.10. The van der Waals surface area contributed by atoms with E-state index < -0.39 is 76.2 Å². The van der Waals surface area contributed by atoms with Crippen LogP contribution in [0.2, 0.25) is 0 Å². The predicted molar refractivity (Wildman–Crippen MR) is 97.6 cm³/mol. The summed E-state index contributed by atoms with van der Waals surface area (Å²) in [6, 6.07) is 0. The van der Waals surface area contributed by atoms with Crippen molar-refractivity contribution in [3.8, 4) is 0 Å². The number of carbonyl (C=O) groups is 3. The second kappa shape index (κ2) is 5.44. The van der Waals surface area contributed by atoms with E-state index in [4.69, 9.17) is 18.9 Å². The Balaban J connectivity index is 1.71. The van der Waals surface area contributed by atoms with Crippen LogP contribution in [0.25, 0.3) is 0 Å². The highest BCUT2D eigenvalue weighted by Crippen LogP contribution is 2.77. The third-order valence-corrected chi connectivity index (χ3v) is 8.89. The zero-order valence-electron chi connectivity index (χ0n) is 17.5. The third-order valence-electron chi connectivity index (χ3n) is 8.89. The molecule has 0 aromatic carbocycles. The minimum atomic E-state index is -1.22. The van der Waals surface area contributed by atoms with Crippen molar-refractivity contribution in [3.05, 3.63) is 11.6 Å². The molecule has 2 aliphatic carbocycles. The first kappa shape index (κ1) is 20.0. The van der Waals surface area contributed by atoms with Crippen LogP contribution in [0.3, 0.4) is 0 Å². The fourth-order valence-corrected chi connectivity index (χ4v) is 7.10. The van der Waals surface area contributed by atoms with E-state index in [-0.39, 0.29) is 6.42 Å². The van der Waals surface area contributed by atoms with Crippen LogP contribution in [0, 0.1) is 22.7 Å². The molecule has 10 unspecified atom stereocenters. The molecule has 0 amide bonds. The fraction of sp³-hybridized carbons (Fsp3) is 0.762. The van der Waals surface area contributed by atoms with Gasteiger partial charge in [-0.25, -0.2) is 4.79 Å². The van der Waals surface area contributed by atoms with Gasteiger partial charge >= 0.3 is 17.9 Å². The summed E-state index contributed by atoms with van der Waals surface area (Å²) in [5.74, 6) is -3.23. The molecule has 2 saturated heterocycles. The monoisotopic (exact) mass is 422 g/mol. The summed E-state index contributed by atoms with van der Waals surface area (Å²) in [5, 5.41) is 22.8. The molecule has 0 aromatic rings. The minimum Gasteiger partial charge on any atom is -0.469 e. The Morgan fingerprint density at radius 2 is 1.83 bits per heavy atom. The lowest BCUT2D eigenvalue weighted by atomic mass is 9.41. The highest BCUT2D eigenvalue weighted by Gasteiger charge is 2.90. The lowest BCUT2D eigenvalue weighted by molar-refractivity contribution is -0.183. The molecular formula is C21H26O9. The predicted octanol–water partition coefficient (Wildman–Crippen LogP) is -0.132. The van der Waals surface area contributed by atoms with Gasteiger partial charge in [-0.3, -0.25) is 9.59 Å². The van der Waals surface area contributed by atoms with E-state index in [2.05, 4.69) is 0 Å². The van der Waals surface area contributed by atoms with Crippen molar-refractivity contribution in [3.63, 3.8) is 0 Å². The number of aliphatic hydroxyl groups excluding tert-OH is 2. The summed E-state index contributed by atoms with van der Waals surface area (Å²) in [5.41, 5.74) is -3.80. The van der Waals surface area contributed by atoms with Crippen LogP contribution in [0.4, 0.5) is 0 Å². The van der Waals surface area contributed by atoms with Crippen LogP contribution in [-0.4, -0.2) is 70.8 Å². The Labute approximate surface area is 173 Å². The molecule has 2 N–H and O–H groups in total. The van der Waals surface area contributed by atoms with Crippen molar-refractivity contribution in [2.24, 2.45) is 22.7 Å². The van der Waals surface area contributed by atoms with Gasteiger partial charge in [-0.2, -0.15) is 0 Å².